The number of anilines is 1. The average molecular weight is 585 g/mol. The molecule has 5 nitrogen and oxygen atoms in total. The fourth-order valence-electron chi connectivity index (χ4n) is 4.89. The molecule has 2 aromatic carbocycles. The topological polar surface area (TPSA) is 55.8 Å². The minimum atomic E-state index is -5.24. The van der Waals surface area contributed by atoms with Gasteiger partial charge in [0.05, 0.1) is 42.0 Å². The standard InChI is InChI=1S/C26H24F9NO4/c1-4-17-12-19(18-11-14(24(27,28)29)6-7-20(18)36(17)23(38)40-5-2)21(22(37)39-3)13-8-15(25(30,31)32)10-16(9-13)26(33,34)35/h6-11,17,19,21H,4-5,12H2,1-3H3/t17-,19+,21+/m0/s1. The maximum absolute atomic E-state index is 13.7. The fourth-order valence-corrected chi connectivity index (χ4v) is 4.89. The lowest BCUT2D eigenvalue weighted by Gasteiger charge is -2.42. The van der Waals surface area contributed by atoms with Crippen LogP contribution in [0.15, 0.2) is 36.4 Å². The van der Waals surface area contributed by atoms with Crippen LogP contribution in [-0.2, 0) is 32.8 Å². The van der Waals surface area contributed by atoms with Crippen LogP contribution in [0.25, 0.3) is 0 Å². The van der Waals surface area contributed by atoms with Gasteiger partial charge in [-0.15, -0.1) is 0 Å². The molecule has 0 radical (unpaired) electrons. The zero-order chi connectivity index (χ0) is 30.2. The number of fused-ring (bicyclic) bond motifs is 1. The minimum Gasteiger partial charge on any atom is -0.469 e. The lowest BCUT2D eigenvalue weighted by atomic mass is 9.73. The highest BCUT2D eigenvalue weighted by Crippen LogP contribution is 2.50. The Hall–Kier alpha value is -3.45. The second kappa shape index (κ2) is 11.2. The van der Waals surface area contributed by atoms with E-state index >= 15 is 0 Å². The van der Waals surface area contributed by atoms with E-state index in [1.165, 1.54) is 6.92 Å². The summed E-state index contributed by atoms with van der Waals surface area (Å²) in [5.41, 5.74) is -5.75. The van der Waals surface area contributed by atoms with E-state index in [0.717, 1.165) is 18.1 Å². The zero-order valence-electron chi connectivity index (χ0n) is 21.3. The molecule has 0 unspecified atom stereocenters. The Bertz CT molecular complexity index is 1220. The van der Waals surface area contributed by atoms with Crippen LogP contribution in [0.3, 0.4) is 0 Å². The van der Waals surface area contributed by atoms with Crippen LogP contribution < -0.4 is 4.90 Å². The quantitative estimate of drug-likeness (QED) is 0.264. The van der Waals surface area contributed by atoms with Gasteiger partial charge in [0, 0.05) is 12.0 Å². The normalized spacial score (nSPS) is 18.6. The van der Waals surface area contributed by atoms with Crippen molar-refractivity contribution < 1.29 is 58.6 Å². The Kier molecular flexibility index (Phi) is 8.70. The second-order valence-electron chi connectivity index (χ2n) is 9.08. The third-order valence-corrected chi connectivity index (χ3v) is 6.67. The number of methoxy groups -OCH3 is 1. The number of esters is 1. The van der Waals surface area contributed by atoms with E-state index in [1.54, 1.807) is 6.92 Å². The number of hydrogen-bond acceptors (Lipinski definition) is 4. The Balaban J connectivity index is 2.36. The first kappa shape index (κ1) is 31.1. The lowest BCUT2D eigenvalue weighted by molar-refractivity contribution is -0.146. The number of carbonyl (C=O) groups excluding carboxylic acids is 2. The van der Waals surface area contributed by atoms with Gasteiger partial charge in [0.25, 0.3) is 0 Å². The highest BCUT2D eigenvalue weighted by molar-refractivity contribution is 5.91. The maximum Gasteiger partial charge on any atom is 0.416 e. The molecule has 3 rings (SSSR count). The molecule has 0 saturated heterocycles. The van der Waals surface area contributed by atoms with Crippen LogP contribution in [0.1, 0.15) is 66.3 Å². The molecule has 3 atom stereocenters. The van der Waals surface area contributed by atoms with E-state index in [9.17, 15) is 49.1 Å². The van der Waals surface area contributed by atoms with Gasteiger partial charge >= 0.3 is 30.6 Å². The maximum atomic E-state index is 13.7. The molecule has 0 saturated carbocycles. The lowest BCUT2D eigenvalue weighted by Crippen LogP contribution is -2.46. The molecule has 0 bridgehead atoms. The van der Waals surface area contributed by atoms with E-state index in [1.807, 2.05) is 0 Å². The van der Waals surface area contributed by atoms with Crippen molar-refractivity contribution in [2.75, 3.05) is 18.6 Å². The Morgan fingerprint density at radius 3 is 1.88 bits per heavy atom. The molecule has 1 aliphatic heterocycles. The summed E-state index contributed by atoms with van der Waals surface area (Å²) < 4.78 is 132. The highest BCUT2D eigenvalue weighted by Gasteiger charge is 2.46. The van der Waals surface area contributed by atoms with E-state index < -0.39 is 70.7 Å². The summed E-state index contributed by atoms with van der Waals surface area (Å²) in [5.74, 6) is -4.54. The first-order chi connectivity index (χ1) is 18.4. The number of halogens is 9. The molecule has 1 heterocycles. The summed E-state index contributed by atoms with van der Waals surface area (Å²) >= 11 is 0. The van der Waals surface area contributed by atoms with Gasteiger partial charge in [-0.25, -0.2) is 4.79 Å². The second-order valence-corrected chi connectivity index (χ2v) is 9.08. The zero-order valence-corrected chi connectivity index (χ0v) is 21.3. The molecular weight excluding hydrogens is 561 g/mol. The summed E-state index contributed by atoms with van der Waals surface area (Å²) in [6.45, 7) is 3.03. The number of amides is 1. The monoisotopic (exact) mass is 585 g/mol. The molecule has 40 heavy (non-hydrogen) atoms. The van der Waals surface area contributed by atoms with Gasteiger partial charge in [0.1, 0.15) is 0 Å². The number of carbonyl (C=O) groups is 2. The van der Waals surface area contributed by atoms with Crippen LogP contribution in [-0.4, -0.2) is 31.8 Å². The van der Waals surface area contributed by atoms with Crippen LogP contribution in [0.5, 0.6) is 0 Å². The van der Waals surface area contributed by atoms with Gasteiger partial charge in [-0.3, -0.25) is 9.69 Å². The summed E-state index contributed by atoms with van der Waals surface area (Å²) in [7, 11) is 0.853. The Morgan fingerprint density at radius 2 is 1.43 bits per heavy atom. The van der Waals surface area contributed by atoms with Crippen molar-refractivity contribution in [2.45, 2.75) is 63.1 Å². The van der Waals surface area contributed by atoms with Crippen molar-refractivity contribution in [3.63, 3.8) is 0 Å². The summed E-state index contributed by atoms with van der Waals surface area (Å²) in [5, 5.41) is 0. The molecule has 0 fully saturated rings. The smallest absolute Gasteiger partial charge is 0.416 e. The first-order valence-electron chi connectivity index (χ1n) is 12.0. The van der Waals surface area contributed by atoms with Crippen LogP contribution in [0.2, 0.25) is 0 Å². The molecule has 0 aliphatic carbocycles. The number of alkyl halides is 9. The van der Waals surface area contributed by atoms with Crippen molar-refractivity contribution in [3.05, 3.63) is 64.2 Å². The molecule has 2 aromatic rings. The molecule has 14 heteroatoms. The summed E-state index contributed by atoms with van der Waals surface area (Å²) in [6.07, 6.45) is -16.4. The van der Waals surface area contributed by atoms with Crippen molar-refractivity contribution >= 4 is 17.7 Å². The van der Waals surface area contributed by atoms with Gasteiger partial charge in [-0.2, -0.15) is 39.5 Å². The molecular formula is C26H24F9NO4. The summed E-state index contributed by atoms with van der Waals surface area (Å²) in [4.78, 5) is 26.9. The van der Waals surface area contributed by atoms with Gasteiger partial charge in [-0.05, 0) is 67.3 Å². The van der Waals surface area contributed by atoms with Gasteiger partial charge in [0.15, 0.2) is 0 Å². The number of ether oxygens (including phenoxy) is 2. The van der Waals surface area contributed by atoms with Crippen molar-refractivity contribution in [3.8, 4) is 0 Å². The molecule has 1 amide bonds. The number of hydrogen-bond donors (Lipinski definition) is 0. The van der Waals surface area contributed by atoms with Gasteiger partial charge < -0.3 is 9.47 Å². The third-order valence-electron chi connectivity index (χ3n) is 6.67. The Morgan fingerprint density at radius 1 is 0.875 bits per heavy atom. The van der Waals surface area contributed by atoms with Crippen LogP contribution in [0.4, 0.5) is 50.0 Å². The largest absolute Gasteiger partial charge is 0.469 e. The molecule has 0 spiro atoms. The van der Waals surface area contributed by atoms with E-state index in [-0.39, 0.29) is 36.8 Å². The third kappa shape index (κ3) is 6.30. The van der Waals surface area contributed by atoms with E-state index in [2.05, 4.69) is 0 Å². The predicted molar refractivity (Wildman–Crippen MR) is 124 cm³/mol. The average Bonchev–Trinajstić information content (AvgIpc) is 2.86. The summed E-state index contributed by atoms with van der Waals surface area (Å²) in [6, 6.07) is 2.03. The number of benzene rings is 2. The van der Waals surface area contributed by atoms with Gasteiger partial charge in [-0.1, -0.05) is 6.92 Å². The van der Waals surface area contributed by atoms with Crippen LogP contribution >= 0.6 is 0 Å². The molecule has 1 aliphatic rings. The molecule has 0 aromatic heterocycles. The molecule has 220 valence electrons. The van der Waals surface area contributed by atoms with Crippen LogP contribution in [0, 0.1) is 0 Å². The SMILES string of the molecule is CCOC(=O)N1c2ccc(C(F)(F)F)cc2[C@H]([C@H](C(=O)OC)c2cc(C(F)(F)F)cc(C(F)(F)F)c2)C[C@@H]1CC. The minimum absolute atomic E-state index is 0.0829. The predicted octanol–water partition coefficient (Wildman–Crippen LogP) is 7.93. The van der Waals surface area contributed by atoms with Crippen molar-refractivity contribution in [1.82, 2.24) is 0 Å². The Labute approximate surface area is 222 Å². The fraction of sp³-hybridized carbons (Fsp3) is 0.462. The number of nitrogens with zero attached hydrogens (tertiary/aromatic N) is 1. The molecule has 0 N–H and O–H groups in total. The van der Waals surface area contributed by atoms with Gasteiger partial charge in [0.2, 0.25) is 0 Å². The number of rotatable bonds is 5. The van der Waals surface area contributed by atoms with E-state index in [4.69, 9.17) is 9.47 Å². The van der Waals surface area contributed by atoms with Crippen molar-refractivity contribution in [2.24, 2.45) is 0 Å². The van der Waals surface area contributed by atoms with Crippen molar-refractivity contribution in [1.29, 1.82) is 0 Å². The van der Waals surface area contributed by atoms with E-state index in [0.29, 0.717) is 24.3 Å². The first-order valence-corrected chi connectivity index (χ1v) is 12.0. The highest BCUT2D eigenvalue weighted by atomic mass is 19.4.